The predicted molar refractivity (Wildman–Crippen MR) is 72.1 cm³/mol. The van der Waals surface area contributed by atoms with Crippen LogP contribution < -0.4 is 0 Å². The van der Waals surface area contributed by atoms with E-state index in [1.165, 1.54) is 0 Å². The van der Waals surface area contributed by atoms with Gasteiger partial charge in [0.15, 0.2) is 11.4 Å². The minimum Gasteiger partial charge on any atom is -0.239 e. The molecule has 3 heteroatoms. The van der Waals surface area contributed by atoms with E-state index in [0.717, 1.165) is 15.6 Å². The average molecular weight is 283 g/mol. The molecular weight excluding hydrogens is 276 g/mol. The zero-order valence-electron chi connectivity index (χ0n) is 8.81. The maximum Gasteiger partial charge on any atom is 0.177 e. The zero-order chi connectivity index (χ0) is 12.3. The number of halogens is 1. The minimum atomic E-state index is 0.494. The third-order valence-electron chi connectivity index (χ3n) is 2.32. The van der Waals surface area contributed by atoms with Crippen LogP contribution in [0.4, 0.5) is 11.4 Å². The summed E-state index contributed by atoms with van der Waals surface area (Å²) in [5, 5.41) is 0. The van der Waals surface area contributed by atoms with Gasteiger partial charge in [-0.25, -0.2) is 9.69 Å². The molecule has 0 unspecified atom stereocenters. The van der Waals surface area contributed by atoms with Gasteiger partial charge in [0, 0.05) is 4.47 Å². The number of hydrogen-bond acceptors (Lipinski definition) is 0. The number of hydrogen-bond donors (Lipinski definition) is 0. The van der Waals surface area contributed by atoms with Crippen LogP contribution in [0.5, 0.6) is 0 Å². The molecule has 0 saturated heterocycles. The van der Waals surface area contributed by atoms with E-state index < -0.39 is 0 Å². The topological polar surface area (TPSA) is 8.72 Å². The highest BCUT2D eigenvalue weighted by molar-refractivity contribution is 9.10. The van der Waals surface area contributed by atoms with Gasteiger partial charge < -0.3 is 0 Å². The number of benzene rings is 2. The second kappa shape index (κ2) is 4.82. The lowest BCUT2D eigenvalue weighted by molar-refractivity contribution is 1.60. The fraction of sp³-hybridized carbons (Fsp3) is 0. The molecule has 0 fully saturated rings. The molecule has 80 valence electrons. The van der Waals surface area contributed by atoms with Gasteiger partial charge in [-0.05, 0) is 23.3 Å². The molecule has 0 aliphatic rings. The van der Waals surface area contributed by atoms with E-state index in [9.17, 15) is 0 Å². The summed E-state index contributed by atoms with van der Waals surface area (Å²) in [4.78, 5) is 6.77. The lowest BCUT2D eigenvalue weighted by atomic mass is 10.0. The summed E-state index contributed by atoms with van der Waals surface area (Å²) >= 11 is 3.41. The first-order valence-electron chi connectivity index (χ1n) is 4.89. The van der Waals surface area contributed by atoms with Crippen molar-refractivity contribution in [3.63, 3.8) is 0 Å². The lowest BCUT2D eigenvalue weighted by Gasteiger charge is -2.04. The Morgan fingerprint density at radius 3 is 2.00 bits per heavy atom. The van der Waals surface area contributed by atoms with Crippen molar-refractivity contribution in [1.29, 1.82) is 0 Å². The van der Waals surface area contributed by atoms with Crippen molar-refractivity contribution in [3.8, 4) is 11.1 Å². The summed E-state index contributed by atoms with van der Waals surface area (Å²) in [6, 6.07) is 13.0. The minimum absolute atomic E-state index is 0.494. The Morgan fingerprint density at radius 1 is 0.824 bits per heavy atom. The SMILES string of the molecule is [C-]#[N+]c1cc([N+]#[C-])cc(-c2cccc(Br)c2)c1. The van der Waals surface area contributed by atoms with Crippen LogP contribution >= 0.6 is 15.9 Å². The molecule has 0 spiro atoms. The van der Waals surface area contributed by atoms with E-state index in [1.54, 1.807) is 18.2 Å². The molecular formula is C14H7BrN2. The van der Waals surface area contributed by atoms with Crippen LogP contribution in [-0.2, 0) is 0 Å². The van der Waals surface area contributed by atoms with Crippen LogP contribution in [0.25, 0.3) is 20.8 Å². The molecule has 0 saturated carbocycles. The van der Waals surface area contributed by atoms with Crippen LogP contribution in [0.15, 0.2) is 46.9 Å². The van der Waals surface area contributed by atoms with Gasteiger partial charge in [-0.2, -0.15) is 0 Å². The number of nitrogens with zero attached hydrogens (tertiary/aromatic N) is 2. The van der Waals surface area contributed by atoms with Crippen molar-refractivity contribution in [2.75, 3.05) is 0 Å². The molecule has 2 nitrogen and oxygen atoms in total. The molecule has 0 aliphatic heterocycles. The first kappa shape index (κ1) is 11.4. The number of rotatable bonds is 1. The summed E-state index contributed by atoms with van der Waals surface area (Å²) in [5.74, 6) is 0. The van der Waals surface area contributed by atoms with Crippen molar-refractivity contribution in [3.05, 3.63) is 69.8 Å². The van der Waals surface area contributed by atoms with Gasteiger partial charge in [-0.15, -0.1) is 0 Å². The first-order valence-corrected chi connectivity index (χ1v) is 5.68. The Labute approximate surface area is 108 Å². The summed E-state index contributed by atoms with van der Waals surface area (Å²) in [6.07, 6.45) is 0. The first-order chi connectivity index (χ1) is 8.22. The third-order valence-corrected chi connectivity index (χ3v) is 2.81. The van der Waals surface area contributed by atoms with Gasteiger partial charge >= 0.3 is 0 Å². The molecule has 0 radical (unpaired) electrons. The summed E-state index contributed by atoms with van der Waals surface area (Å²) in [7, 11) is 0. The van der Waals surface area contributed by atoms with E-state index in [4.69, 9.17) is 13.1 Å². The van der Waals surface area contributed by atoms with Crippen molar-refractivity contribution in [1.82, 2.24) is 0 Å². The molecule has 0 N–H and O–H groups in total. The van der Waals surface area contributed by atoms with E-state index in [2.05, 4.69) is 25.6 Å². The van der Waals surface area contributed by atoms with E-state index >= 15 is 0 Å². The Kier molecular flexibility index (Phi) is 3.23. The van der Waals surface area contributed by atoms with Crippen molar-refractivity contribution in [2.24, 2.45) is 0 Å². The highest BCUT2D eigenvalue weighted by atomic mass is 79.9. The van der Waals surface area contributed by atoms with Gasteiger partial charge in [-0.1, -0.05) is 46.3 Å². The highest BCUT2D eigenvalue weighted by Crippen LogP contribution is 2.31. The zero-order valence-corrected chi connectivity index (χ0v) is 10.4. The summed E-state index contributed by atoms with van der Waals surface area (Å²) < 4.78 is 0.979. The molecule has 0 aliphatic carbocycles. The van der Waals surface area contributed by atoms with Crippen LogP contribution in [0, 0.1) is 13.1 Å². The molecule has 0 heterocycles. The Balaban J connectivity index is 2.60. The quantitative estimate of drug-likeness (QED) is 0.634. The van der Waals surface area contributed by atoms with E-state index in [-0.39, 0.29) is 0 Å². The average Bonchev–Trinajstić information content (AvgIpc) is 2.38. The molecule has 0 aromatic heterocycles. The second-order valence-electron chi connectivity index (χ2n) is 3.47. The van der Waals surface area contributed by atoms with E-state index in [0.29, 0.717) is 11.4 Å². The molecule has 17 heavy (non-hydrogen) atoms. The fourth-order valence-corrected chi connectivity index (χ4v) is 1.96. The van der Waals surface area contributed by atoms with Gasteiger partial charge in [0.2, 0.25) is 0 Å². The van der Waals surface area contributed by atoms with Gasteiger partial charge in [-0.3, -0.25) is 0 Å². The normalized spacial score (nSPS) is 9.35. The molecule has 0 bridgehead atoms. The molecule has 2 aromatic rings. The van der Waals surface area contributed by atoms with Crippen LogP contribution in [0.1, 0.15) is 0 Å². The van der Waals surface area contributed by atoms with Gasteiger partial charge in [0.25, 0.3) is 0 Å². The van der Waals surface area contributed by atoms with Crippen molar-refractivity contribution in [2.45, 2.75) is 0 Å². The maximum absolute atomic E-state index is 7.03. The molecule has 2 rings (SSSR count). The van der Waals surface area contributed by atoms with E-state index in [1.807, 2.05) is 24.3 Å². The monoisotopic (exact) mass is 282 g/mol. The Hall–Kier alpha value is -2.10. The fourth-order valence-electron chi connectivity index (χ4n) is 1.56. The smallest absolute Gasteiger partial charge is 0.177 e. The van der Waals surface area contributed by atoms with Crippen LogP contribution in [0.2, 0.25) is 0 Å². The van der Waals surface area contributed by atoms with Crippen LogP contribution in [-0.4, -0.2) is 0 Å². The van der Waals surface area contributed by atoms with Crippen LogP contribution in [0.3, 0.4) is 0 Å². The van der Waals surface area contributed by atoms with Gasteiger partial charge in [0.05, 0.1) is 13.1 Å². The molecule has 0 atom stereocenters. The van der Waals surface area contributed by atoms with Gasteiger partial charge in [0.1, 0.15) is 0 Å². The summed E-state index contributed by atoms with van der Waals surface area (Å²) in [6.45, 7) is 14.1. The largest absolute Gasteiger partial charge is 0.239 e. The predicted octanol–water partition coefficient (Wildman–Crippen LogP) is 5.22. The Bertz CT molecular complexity index is 616. The van der Waals surface area contributed by atoms with Crippen molar-refractivity contribution < 1.29 is 0 Å². The Morgan fingerprint density at radius 2 is 1.47 bits per heavy atom. The molecule has 2 aromatic carbocycles. The maximum atomic E-state index is 7.03. The molecule has 0 amide bonds. The standard InChI is InChI=1S/C14H7BrN2/c1-16-13-7-11(8-14(9-13)17-2)10-4-3-5-12(15)6-10/h3-9H. The van der Waals surface area contributed by atoms with Crippen molar-refractivity contribution >= 4 is 27.3 Å². The third kappa shape index (κ3) is 2.53. The second-order valence-corrected chi connectivity index (χ2v) is 4.39. The highest BCUT2D eigenvalue weighted by Gasteiger charge is 2.03. The lowest BCUT2D eigenvalue weighted by Crippen LogP contribution is -1.77. The summed E-state index contributed by atoms with van der Waals surface area (Å²) in [5.41, 5.74) is 2.88.